The van der Waals surface area contributed by atoms with Crippen LogP contribution in [-0.2, 0) is 35.0 Å². The first-order valence-corrected chi connectivity index (χ1v) is 14.3. The first-order valence-electron chi connectivity index (χ1n) is 14.3. The van der Waals surface area contributed by atoms with E-state index in [2.05, 4.69) is 0 Å². The minimum atomic E-state index is -1.05. The van der Waals surface area contributed by atoms with Crippen LogP contribution in [0.4, 0.5) is 4.79 Å². The molecule has 41 heavy (non-hydrogen) atoms. The van der Waals surface area contributed by atoms with E-state index in [1.165, 1.54) is 12.1 Å². The molecular formula is C31H49NO9. The fourth-order valence-corrected chi connectivity index (χ4v) is 3.26. The third kappa shape index (κ3) is 15.4. The van der Waals surface area contributed by atoms with Gasteiger partial charge in [0.05, 0.1) is 6.61 Å². The van der Waals surface area contributed by atoms with Gasteiger partial charge in [-0.05, 0) is 68.1 Å². The zero-order valence-corrected chi connectivity index (χ0v) is 26.1. The summed E-state index contributed by atoms with van der Waals surface area (Å²) >= 11 is 0. The Kier molecular flexibility index (Phi) is 14.8. The third-order valence-electron chi connectivity index (χ3n) is 5.93. The Morgan fingerprint density at radius 1 is 0.780 bits per heavy atom. The predicted molar refractivity (Wildman–Crippen MR) is 154 cm³/mol. The van der Waals surface area contributed by atoms with Crippen molar-refractivity contribution in [1.29, 1.82) is 0 Å². The molecule has 0 unspecified atom stereocenters. The predicted octanol–water partition coefficient (Wildman–Crippen LogP) is 5.76. The number of ether oxygens (including phenoxy) is 5. The maximum atomic E-state index is 12.7. The maximum absolute atomic E-state index is 12.7. The molecule has 0 spiro atoms. The van der Waals surface area contributed by atoms with Crippen molar-refractivity contribution in [2.45, 2.75) is 113 Å². The van der Waals surface area contributed by atoms with E-state index in [0.717, 1.165) is 0 Å². The van der Waals surface area contributed by atoms with Crippen LogP contribution in [0, 0.1) is 17.3 Å². The number of nitrogens with two attached hydrogens (primary N) is 1. The Labute approximate surface area is 244 Å². The van der Waals surface area contributed by atoms with E-state index in [1.54, 1.807) is 19.9 Å². The van der Waals surface area contributed by atoms with Gasteiger partial charge in [-0.25, -0.2) is 4.79 Å². The van der Waals surface area contributed by atoms with Gasteiger partial charge < -0.3 is 29.4 Å². The van der Waals surface area contributed by atoms with Gasteiger partial charge in [0, 0.05) is 12.8 Å². The van der Waals surface area contributed by atoms with Crippen molar-refractivity contribution < 1.29 is 42.9 Å². The van der Waals surface area contributed by atoms with Gasteiger partial charge in [0.15, 0.2) is 11.5 Å². The topological polar surface area (TPSA) is 140 Å². The zero-order chi connectivity index (χ0) is 31.3. The molecule has 0 aromatic heterocycles. The average Bonchev–Trinajstić information content (AvgIpc) is 2.86. The first kappa shape index (κ1) is 35.9. The Morgan fingerprint density at radius 3 is 1.80 bits per heavy atom. The van der Waals surface area contributed by atoms with Crippen molar-refractivity contribution in [2.24, 2.45) is 23.0 Å². The summed E-state index contributed by atoms with van der Waals surface area (Å²) in [6.45, 7) is 17.1. The maximum Gasteiger partial charge on any atom is 0.508 e. The average molecular weight is 580 g/mol. The number of carbonyl (C=O) groups excluding carboxylic acids is 4. The van der Waals surface area contributed by atoms with Crippen LogP contribution in [0.3, 0.4) is 0 Å². The molecule has 0 saturated heterocycles. The molecule has 10 heteroatoms. The van der Waals surface area contributed by atoms with Crippen molar-refractivity contribution in [2.75, 3.05) is 6.61 Å². The second-order valence-electron chi connectivity index (χ2n) is 12.5. The molecule has 0 fully saturated rings. The second kappa shape index (κ2) is 17.0. The molecule has 3 atom stereocenters. The Hall–Kier alpha value is -3.14. The summed E-state index contributed by atoms with van der Waals surface area (Å²) in [6, 6.07) is 3.64. The summed E-state index contributed by atoms with van der Waals surface area (Å²) in [5, 5.41) is 0. The van der Waals surface area contributed by atoms with Crippen molar-refractivity contribution >= 4 is 24.1 Å². The van der Waals surface area contributed by atoms with Crippen molar-refractivity contribution in [3.8, 4) is 11.5 Å². The SMILES string of the molecule is CC(C)CCC(=O)Oc1ccc(C[C@H](N)C(=O)O[C@@H](C)[C@H](C)OC(=O)OCC(C)(C)C)cc1OC(=O)CCC(C)C. The molecule has 0 aliphatic heterocycles. The van der Waals surface area contributed by atoms with Crippen LogP contribution in [0.15, 0.2) is 18.2 Å². The first-order chi connectivity index (χ1) is 19.0. The lowest BCUT2D eigenvalue weighted by Crippen LogP contribution is -2.39. The lowest BCUT2D eigenvalue weighted by atomic mass is 9.99. The molecule has 1 aromatic rings. The number of esters is 3. The molecule has 0 bridgehead atoms. The molecule has 2 N–H and O–H groups in total. The third-order valence-corrected chi connectivity index (χ3v) is 5.93. The molecule has 1 aromatic carbocycles. The highest BCUT2D eigenvalue weighted by atomic mass is 16.7. The van der Waals surface area contributed by atoms with Gasteiger partial charge in [0.1, 0.15) is 18.2 Å². The van der Waals surface area contributed by atoms with E-state index in [1.807, 2.05) is 48.5 Å². The van der Waals surface area contributed by atoms with Gasteiger partial charge in [-0.2, -0.15) is 0 Å². The van der Waals surface area contributed by atoms with Gasteiger partial charge in [-0.3, -0.25) is 14.4 Å². The van der Waals surface area contributed by atoms with Crippen LogP contribution in [0.1, 0.15) is 93.6 Å². The van der Waals surface area contributed by atoms with Gasteiger partial charge in [0.25, 0.3) is 0 Å². The van der Waals surface area contributed by atoms with Crippen molar-refractivity contribution in [3.63, 3.8) is 0 Å². The molecule has 0 radical (unpaired) electrons. The standard InChI is InChI=1S/C31H49NO9/c1-19(2)10-14-27(33)40-25-13-12-23(17-26(25)41-28(34)15-11-20(3)4)16-24(32)29(35)38-21(5)22(6)39-30(36)37-18-31(7,8)9/h12-13,17,19-22,24H,10-11,14-16,18,32H2,1-9H3/t21-,22-,24-/m0/s1. The molecule has 0 aliphatic carbocycles. The van der Waals surface area contributed by atoms with E-state index in [0.29, 0.717) is 30.2 Å². The smallest absolute Gasteiger partial charge is 0.458 e. The van der Waals surface area contributed by atoms with Crippen LogP contribution in [-0.4, -0.2) is 48.9 Å². The summed E-state index contributed by atoms with van der Waals surface area (Å²) in [7, 11) is 0. The van der Waals surface area contributed by atoms with Crippen LogP contribution < -0.4 is 15.2 Å². The number of hydrogen-bond acceptors (Lipinski definition) is 10. The van der Waals surface area contributed by atoms with Crippen LogP contribution in [0.2, 0.25) is 0 Å². The number of benzene rings is 1. The largest absolute Gasteiger partial charge is 0.508 e. The Bertz CT molecular complexity index is 1010. The summed E-state index contributed by atoms with van der Waals surface area (Å²) in [5.41, 5.74) is 6.47. The number of hydrogen-bond donors (Lipinski definition) is 1. The quantitative estimate of drug-likeness (QED) is 0.201. The highest BCUT2D eigenvalue weighted by Crippen LogP contribution is 2.30. The Morgan fingerprint density at radius 2 is 1.29 bits per heavy atom. The molecule has 0 aliphatic rings. The number of rotatable bonds is 15. The van der Waals surface area contributed by atoms with Gasteiger partial charge >= 0.3 is 24.1 Å². The summed E-state index contributed by atoms with van der Waals surface area (Å²) in [5.74, 6) is -0.735. The fourth-order valence-electron chi connectivity index (χ4n) is 3.26. The molecule has 0 heterocycles. The van der Waals surface area contributed by atoms with E-state index in [4.69, 9.17) is 29.4 Å². The summed E-state index contributed by atoms with van der Waals surface area (Å²) < 4.78 is 26.7. The van der Waals surface area contributed by atoms with Gasteiger partial charge in [-0.15, -0.1) is 0 Å². The highest BCUT2D eigenvalue weighted by molar-refractivity contribution is 5.77. The molecule has 0 saturated carbocycles. The number of carbonyl (C=O) groups is 4. The normalized spacial score (nSPS) is 13.8. The highest BCUT2D eigenvalue weighted by Gasteiger charge is 2.26. The molecule has 0 amide bonds. The van der Waals surface area contributed by atoms with E-state index in [9.17, 15) is 19.2 Å². The van der Waals surface area contributed by atoms with E-state index < -0.39 is 42.3 Å². The minimum Gasteiger partial charge on any atom is -0.458 e. The van der Waals surface area contributed by atoms with Crippen LogP contribution in [0.5, 0.6) is 11.5 Å². The minimum absolute atomic E-state index is 0.0620. The zero-order valence-electron chi connectivity index (χ0n) is 26.1. The van der Waals surface area contributed by atoms with Gasteiger partial charge in [-0.1, -0.05) is 54.5 Å². The molecular weight excluding hydrogens is 530 g/mol. The second-order valence-corrected chi connectivity index (χ2v) is 12.5. The molecule has 10 nitrogen and oxygen atoms in total. The van der Waals surface area contributed by atoms with Crippen molar-refractivity contribution in [3.05, 3.63) is 23.8 Å². The van der Waals surface area contributed by atoms with Gasteiger partial charge in [0.2, 0.25) is 0 Å². The molecule has 1 rings (SSSR count). The van der Waals surface area contributed by atoms with E-state index in [-0.39, 0.29) is 42.8 Å². The van der Waals surface area contributed by atoms with Crippen LogP contribution >= 0.6 is 0 Å². The lowest BCUT2D eigenvalue weighted by molar-refractivity contribution is -0.155. The fraction of sp³-hybridized carbons (Fsp3) is 0.677. The van der Waals surface area contributed by atoms with E-state index >= 15 is 0 Å². The summed E-state index contributed by atoms with van der Waals surface area (Å²) in [6.07, 6.45) is -0.583. The molecule has 232 valence electrons. The van der Waals surface area contributed by atoms with Crippen LogP contribution in [0.25, 0.3) is 0 Å². The summed E-state index contributed by atoms with van der Waals surface area (Å²) in [4.78, 5) is 49.4. The Balaban J connectivity index is 2.88. The lowest BCUT2D eigenvalue weighted by Gasteiger charge is -2.23. The van der Waals surface area contributed by atoms with Crippen molar-refractivity contribution in [1.82, 2.24) is 0 Å². The monoisotopic (exact) mass is 579 g/mol.